The normalized spacial score (nSPS) is 18.6. The number of carbonyl (C=O) groups excluding carboxylic acids is 2. The van der Waals surface area contributed by atoms with Gasteiger partial charge in [-0.05, 0) is 26.7 Å². The van der Waals surface area contributed by atoms with Gasteiger partial charge in [0.15, 0.2) is 0 Å². The summed E-state index contributed by atoms with van der Waals surface area (Å²) in [6.45, 7) is 10.2. The van der Waals surface area contributed by atoms with Gasteiger partial charge in [-0.15, -0.1) is 11.8 Å². The maximum absolute atomic E-state index is 12.5. The summed E-state index contributed by atoms with van der Waals surface area (Å²) < 4.78 is 5.25. The van der Waals surface area contributed by atoms with Gasteiger partial charge in [0.1, 0.15) is 11.6 Å². The fourth-order valence-corrected chi connectivity index (χ4v) is 2.86. The van der Waals surface area contributed by atoms with E-state index in [1.54, 1.807) is 16.7 Å². The molecule has 1 aliphatic rings. The minimum atomic E-state index is -0.559. The van der Waals surface area contributed by atoms with Crippen LogP contribution in [0.5, 0.6) is 0 Å². The summed E-state index contributed by atoms with van der Waals surface area (Å²) in [6.07, 6.45) is 0.302. The molecule has 1 heterocycles. The summed E-state index contributed by atoms with van der Waals surface area (Å²) in [4.78, 5) is 26.2. The van der Waals surface area contributed by atoms with Crippen molar-refractivity contribution < 1.29 is 14.3 Å². The number of rotatable bonds is 4. The predicted octanol–water partition coefficient (Wildman–Crippen LogP) is 2.46. The zero-order valence-corrected chi connectivity index (χ0v) is 13.9. The maximum Gasteiger partial charge on any atom is 0.408 e. The molecule has 0 bridgehead atoms. The number of alkyl carbamates (subject to hydrolysis) is 1. The summed E-state index contributed by atoms with van der Waals surface area (Å²) in [5, 5.41) is 2.74. The highest BCUT2D eigenvalue weighted by atomic mass is 32.2. The zero-order valence-electron chi connectivity index (χ0n) is 13.1. The molecule has 1 rings (SSSR count). The third-order valence-electron chi connectivity index (χ3n) is 3.22. The van der Waals surface area contributed by atoms with Crippen LogP contribution in [-0.4, -0.2) is 46.7 Å². The van der Waals surface area contributed by atoms with Crippen LogP contribution in [0.1, 0.15) is 41.0 Å². The van der Waals surface area contributed by atoms with E-state index in [1.807, 2.05) is 34.6 Å². The van der Waals surface area contributed by atoms with Crippen LogP contribution in [0.15, 0.2) is 0 Å². The largest absolute Gasteiger partial charge is 0.444 e. The second-order valence-electron chi connectivity index (χ2n) is 6.15. The van der Waals surface area contributed by atoms with Crippen LogP contribution in [0.3, 0.4) is 0 Å². The smallest absolute Gasteiger partial charge is 0.408 e. The molecule has 1 fully saturated rings. The van der Waals surface area contributed by atoms with Crippen LogP contribution in [0.25, 0.3) is 0 Å². The topological polar surface area (TPSA) is 58.6 Å². The molecule has 20 heavy (non-hydrogen) atoms. The van der Waals surface area contributed by atoms with E-state index in [0.717, 1.165) is 18.7 Å². The molecule has 0 saturated carbocycles. The molecule has 0 aromatic rings. The first kappa shape index (κ1) is 17.1. The van der Waals surface area contributed by atoms with Crippen molar-refractivity contribution >= 4 is 23.8 Å². The minimum Gasteiger partial charge on any atom is -0.444 e. The van der Waals surface area contributed by atoms with Crippen LogP contribution >= 0.6 is 11.8 Å². The van der Waals surface area contributed by atoms with Gasteiger partial charge in [0.2, 0.25) is 5.91 Å². The van der Waals surface area contributed by atoms with Gasteiger partial charge in [-0.1, -0.05) is 20.3 Å². The van der Waals surface area contributed by atoms with Crippen LogP contribution in [0.4, 0.5) is 4.79 Å². The number of carbonyl (C=O) groups is 2. The Hall–Kier alpha value is -0.910. The Morgan fingerprint density at radius 2 is 2.05 bits per heavy atom. The van der Waals surface area contributed by atoms with E-state index < -0.39 is 17.7 Å². The number of ether oxygens (including phenoxy) is 1. The van der Waals surface area contributed by atoms with Crippen molar-refractivity contribution in [3.8, 4) is 0 Å². The van der Waals surface area contributed by atoms with Crippen molar-refractivity contribution in [1.29, 1.82) is 0 Å². The van der Waals surface area contributed by atoms with Crippen LogP contribution in [0.2, 0.25) is 0 Å². The van der Waals surface area contributed by atoms with Gasteiger partial charge >= 0.3 is 6.09 Å². The molecule has 0 aliphatic carbocycles. The van der Waals surface area contributed by atoms with Crippen molar-refractivity contribution in [2.75, 3.05) is 18.2 Å². The van der Waals surface area contributed by atoms with Gasteiger partial charge in [-0.2, -0.15) is 0 Å². The maximum atomic E-state index is 12.5. The van der Waals surface area contributed by atoms with Crippen molar-refractivity contribution in [3.05, 3.63) is 0 Å². The lowest BCUT2D eigenvalue weighted by atomic mass is 9.98. The lowest BCUT2D eigenvalue weighted by Gasteiger charge is -2.29. The van der Waals surface area contributed by atoms with Gasteiger partial charge in [0, 0.05) is 12.3 Å². The third kappa shape index (κ3) is 5.23. The Morgan fingerprint density at radius 1 is 1.40 bits per heavy atom. The quantitative estimate of drug-likeness (QED) is 0.866. The molecule has 1 N–H and O–H groups in total. The Kier molecular flexibility index (Phi) is 6.17. The second-order valence-corrected chi connectivity index (χ2v) is 7.22. The van der Waals surface area contributed by atoms with Gasteiger partial charge < -0.3 is 15.0 Å². The summed E-state index contributed by atoms with van der Waals surface area (Å²) in [5.41, 5.74) is -0.559. The molecule has 1 saturated heterocycles. The van der Waals surface area contributed by atoms with E-state index >= 15 is 0 Å². The molecule has 5 nitrogen and oxygen atoms in total. The first-order valence-electron chi connectivity index (χ1n) is 7.10. The van der Waals surface area contributed by atoms with Gasteiger partial charge in [-0.3, -0.25) is 4.79 Å². The molecule has 2 atom stereocenters. The Labute approximate surface area is 125 Å². The number of nitrogens with one attached hydrogen (secondary N) is 1. The van der Waals surface area contributed by atoms with Gasteiger partial charge in [0.25, 0.3) is 0 Å². The molecule has 6 heteroatoms. The number of hydrogen-bond acceptors (Lipinski definition) is 4. The van der Waals surface area contributed by atoms with E-state index in [-0.39, 0.29) is 11.8 Å². The molecule has 2 amide bonds. The molecule has 0 aromatic carbocycles. The third-order valence-corrected chi connectivity index (χ3v) is 4.18. The summed E-state index contributed by atoms with van der Waals surface area (Å²) in [7, 11) is 0. The Morgan fingerprint density at radius 3 is 2.50 bits per heavy atom. The first-order chi connectivity index (χ1) is 9.24. The van der Waals surface area contributed by atoms with Crippen molar-refractivity contribution in [3.63, 3.8) is 0 Å². The number of hydrogen-bond donors (Lipinski definition) is 1. The average Bonchev–Trinajstić information content (AvgIpc) is 2.85. The van der Waals surface area contributed by atoms with Crippen molar-refractivity contribution in [2.24, 2.45) is 5.92 Å². The molecular formula is C14H26N2O3S. The van der Waals surface area contributed by atoms with Crippen molar-refractivity contribution in [1.82, 2.24) is 10.2 Å². The fraction of sp³-hybridized carbons (Fsp3) is 0.857. The Bertz CT molecular complexity index is 349. The number of amides is 2. The lowest BCUT2D eigenvalue weighted by molar-refractivity contribution is -0.133. The molecule has 2 unspecified atom stereocenters. The number of nitrogens with zero attached hydrogens (tertiary/aromatic N) is 1. The van der Waals surface area contributed by atoms with Gasteiger partial charge in [-0.25, -0.2) is 4.79 Å². The lowest BCUT2D eigenvalue weighted by Crippen LogP contribution is -2.52. The van der Waals surface area contributed by atoms with Crippen LogP contribution in [0, 0.1) is 5.92 Å². The highest BCUT2D eigenvalue weighted by molar-refractivity contribution is 7.99. The predicted molar refractivity (Wildman–Crippen MR) is 81.7 cm³/mol. The summed E-state index contributed by atoms with van der Waals surface area (Å²) >= 11 is 1.74. The number of thioether (sulfide) groups is 1. The van der Waals surface area contributed by atoms with Crippen molar-refractivity contribution in [2.45, 2.75) is 52.7 Å². The molecular weight excluding hydrogens is 276 g/mol. The highest BCUT2D eigenvalue weighted by Gasteiger charge is 2.32. The molecule has 0 spiro atoms. The van der Waals surface area contributed by atoms with E-state index in [2.05, 4.69) is 5.32 Å². The zero-order chi connectivity index (χ0) is 15.3. The highest BCUT2D eigenvalue weighted by Crippen LogP contribution is 2.18. The van der Waals surface area contributed by atoms with Gasteiger partial charge in [0.05, 0.1) is 5.88 Å². The van der Waals surface area contributed by atoms with Crippen LogP contribution < -0.4 is 5.32 Å². The van der Waals surface area contributed by atoms with E-state index in [9.17, 15) is 9.59 Å². The van der Waals surface area contributed by atoms with Crippen LogP contribution in [-0.2, 0) is 9.53 Å². The van der Waals surface area contributed by atoms with E-state index in [4.69, 9.17) is 4.74 Å². The summed E-state index contributed by atoms with van der Waals surface area (Å²) in [6, 6.07) is -0.506. The first-order valence-corrected chi connectivity index (χ1v) is 8.26. The second kappa shape index (κ2) is 7.20. The molecule has 1 aliphatic heterocycles. The standard InChI is InChI=1S/C14H26N2O3S/c1-6-10(2)11(12(17)16-7-8-20-9-16)15-13(18)19-14(3,4)5/h10-11H,6-9H2,1-5H3,(H,15,18). The van der Waals surface area contributed by atoms with E-state index in [1.165, 1.54) is 0 Å². The Balaban J connectivity index is 2.69. The molecule has 116 valence electrons. The SMILES string of the molecule is CCC(C)C(NC(=O)OC(C)(C)C)C(=O)N1CCSC1. The average molecular weight is 302 g/mol. The molecule has 0 radical (unpaired) electrons. The minimum absolute atomic E-state index is 0.00444. The molecule has 0 aromatic heterocycles. The van der Waals surface area contributed by atoms with E-state index in [0.29, 0.717) is 5.88 Å². The fourth-order valence-electron chi connectivity index (χ4n) is 1.90. The summed E-state index contributed by atoms with van der Waals surface area (Å²) in [5.74, 6) is 1.75. The monoisotopic (exact) mass is 302 g/mol.